The second kappa shape index (κ2) is 7.10. The minimum Gasteiger partial charge on any atom is -0.489 e. The van der Waals surface area contributed by atoms with Crippen LogP contribution in [0, 0.1) is 0 Å². The third kappa shape index (κ3) is 3.36. The highest BCUT2D eigenvalue weighted by atomic mass is 19.1. The smallest absolute Gasteiger partial charge is 0.256 e. The second-order valence-corrected chi connectivity index (χ2v) is 5.39. The molecule has 0 aliphatic carbocycles. The first-order chi connectivity index (χ1) is 11.7. The number of aromatic nitrogens is 1. The van der Waals surface area contributed by atoms with Gasteiger partial charge in [-0.2, -0.15) is 0 Å². The summed E-state index contributed by atoms with van der Waals surface area (Å²) in [5.74, 6) is 0.555. The Kier molecular flexibility index (Phi) is 4.72. The molecule has 24 heavy (non-hydrogen) atoms. The molecule has 1 heterocycles. The van der Waals surface area contributed by atoms with Crippen molar-refractivity contribution in [1.29, 1.82) is 0 Å². The van der Waals surface area contributed by atoms with Crippen LogP contribution in [-0.2, 0) is 0 Å². The van der Waals surface area contributed by atoms with Crippen molar-refractivity contribution in [2.45, 2.75) is 0 Å². The normalized spacial score (nSPS) is 11.7. The Balaban J connectivity index is 1.97. The largest absolute Gasteiger partial charge is 0.489 e. The van der Waals surface area contributed by atoms with E-state index in [-0.39, 0.29) is 18.7 Å². The molecule has 2 aromatic carbocycles. The summed E-state index contributed by atoms with van der Waals surface area (Å²) in [5.41, 5.74) is 7.27. The molecule has 0 saturated heterocycles. The number of ether oxygens (including phenoxy) is 1. The standard InChI is InChI=1S/C19H17FN2O2/c20-10-13(11-21)12-24-16-6-7-17-15(8-16)9-18(22-19(17)23)14-4-2-1-3-5-14/h1-10H,11-12,21H2,(H,22,23). The average Bonchev–Trinajstić information content (AvgIpc) is 2.63. The number of halogens is 1. The topological polar surface area (TPSA) is 68.1 Å². The van der Waals surface area contributed by atoms with Gasteiger partial charge in [0.05, 0.1) is 6.33 Å². The maximum Gasteiger partial charge on any atom is 0.256 e. The van der Waals surface area contributed by atoms with Crippen molar-refractivity contribution in [2.75, 3.05) is 13.2 Å². The Morgan fingerprint density at radius 3 is 2.67 bits per heavy atom. The number of pyridine rings is 1. The van der Waals surface area contributed by atoms with E-state index < -0.39 is 0 Å². The van der Waals surface area contributed by atoms with Crippen LogP contribution in [-0.4, -0.2) is 18.1 Å². The molecule has 5 heteroatoms. The molecule has 0 saturated carbocycles. The zero-order chi connectivity index (χ0) is 16.9. The molecule has 0 fully saturated rings. The van der Waals surface area contributed by atoms with Crippen molar-refractivity contribution in [3.05, 3.63) is 76.9 Å². The van der Waals surface area contributed by atoms with Gasteiger partial charge in [-0.05, 0) is 35.2 Å². The molecule has 0 unspecified atom stereocenters. The van der Waals surface area contributed by atoms with E-state index in [1.807, 2.05) is 36.4 Å². The lowest BCUT2D eigenvalue weighted by Crippen LogP contribution is -2.11. The van der Waals surface area contributed by atoms with Crippen LogP contribution in [0.15, 0.2) is 71.3 Å². The molecule has 0 spiro atoms. The molecular formula is C19H17FN2O2. The van der Waals surface area contributed by atoms with Crippen molar-refractivity contribution in [3.8, 4) is 17.0 Å². The first-order valence-electron chi connectivity index (χ1n) is 7.55. The van der Waals surface area contributed by atoms with Crippen LogP contribution in [0.5, 0.6) is 5.75 Å². The van der Waals surface area contributed by atoms with Gasteiger partial charge in [-0.1, -0.05) is 30.3 Å². The van der Waals surface area contributed by atoms with Crippen molar-refractivity contribution in [3.63, 3.8) is 0 Å². The van der Waals surface area contributed by atoms with E-state index in [1.165, 1.54) is 0 Å². The third-order valence-electron chi connectivity index (χ3n) is 3.74. The van der Waals surface area contributed by atoms with Gasteiger partial charge in [-0.15, -0.1) is 0 Å². The number of hydrogen-bond acceptors (Lipinski definition) is 3. The van der Waals surface area contributed by atoms with Crippen LogP contribution in [0.1, 0.15) is 0 Å². The number of hydrogen-bond donors (Lipinski definition) is 2. The van der Waals surface area contributed by atoms with E-state index in [0.29, 0.717) is 23.0 Å². The molecular weight excluding hydrogens is 307 g/mol. The van der Waals surface area contributed by atoms with Gasteiger partial charge in [0.15, 0.2) is 0 Å². The van der Waals surface area contributed by atoms with E-state index in [0.717, 1.165) is 16.6 Å². The SMILES string of the molecule is NCC(=CF)COc1ccc2c(=O)[nH]c(-c3ccccc3)cc2c1. The molecule has 4 nitrogen and oxygen atoms in total. The highest BCUT2D eigenvalue weighted by Gasteiger charge is 2.06. The Morgan fingerprint density at radius 2 is 1.96 bits per heavy atom. The Labute approximate surface area is 138 Å². The molecule has 1 aromatic heterocycles. The van der Waals surface area contributed by atoms with Crippen LogP contribution in [0.3, 0.4) is 0 Å². The lowest BCUT2D eigenvalue weighted by atomic mass is 10.1. The summed E-state index contributed by atoms with van der Waals surface area (Å²) in [7, 11) is 0. The van der Waals surface area contributed by atoms with E-state index in [9.17, 15) is 9.18 Å². The van der Waals surface area contributed by atoms with Gasteiger partial charge in [0.1, 0.15) is 12.4 Å². The van der Waals surface area contributed by atoms with Gasteiger partial charge in [0, 0.05) is 23.2 Å². The first-order valence-corrected chi connectivity index (χ1v) is 7.55. The maximum absolute atomic E-state index is 12.5. The predicted molar refractivity (Wildman–Crippen MR) is 93.7 cm³/mol. The van der Waals surface area contributed by atoms with Crippen molar-refractivity contribution in [2.24, 2.45) is 5.73 Å². The number of nitrogens with one attached hydrogen (secondary N) is 1. The van der Waals surface area contributed by atoms with Crippen molar-refractivity contribution < 1.29 is 9.13 Å². The third-order valence-corrected chi connectivity index (χ3v) is 3.74. The number of benzene rings is 2. The summed E-state index contributed by atoms with van der Waals surface area (Å²) in [4.78, 5) is 15.2. The molecule has 3 aromatic rings. The second-order valence-electron chi connectivity index (χ2n) is 5.39. The fourth-order valence-electron chi connectivity index (χ4n) is 2.42. The summed E-state index contributed by atoms with van der Waals surface area (Å²) in [6.07, 6.45) is 0.458. The minimum atomic E-state index is -0.163. The molecule has 0 radical (unpaired) electrons. The Hall–Kier alpha value is -2.92. The minimum absolute atomic E-state index is 0.0766. The monoisotopic (exact) mass is 324 g/mol. The zero-order valence-electron chi connectivity index (χ0n) is 13.0. The fraction of sp³-hybridized carbons (Fsp3) is 0.105. The number of rotatable bonds is 5. The van der Waals surface area contributed by atoms with Crippen LogP contribution in [0.2, 0.25) is 0 Å². The van der Waals surface area contributed by atoms with E-state index in [2.05, 4.69) is 4.98 Å². The molecule has 0 atom stereocenters. The molecule has 122 valence electrons. The van der Waals surface area contributed by atoms with E-state index >= 15 is 0 Å². The van der Waals surface area contributed by atoms with Crippen LogP contribution in [0.4, 0.5) is 4.39 Å². The highest BCUT2D eigenvalue weighted by molar-refractivity contribution is 5.86. The van der Waals surface area contributed by atoms with Crippen LogP contribution < -0.4 is 16.0 Å². The summed E-state index contributed by atoms with van der Waals surface area (Å²) in [6.45, 7) is 0.176. The summed E-state index contributed by atoms with van der Waals surface area (Å²) in [6, 6.07) is 16.6. The molecule has 0 aliphatic heterocycles. The van der Waals surface area contributed by atoms with Gasteiger partial charge >= 0.3 is 0 Å². The van der Waals surface area contributed by atoms with Gasteiger partial charge in [-0.25, -0.2) is 4.39 Å². The van der Waals surface area contributed by atoms with Gasteiger partial charge < -0.3 is 15.5 Å². The molecule has 3 rings (SSSR count). The quantitative estimate of drug-likeness (QED) is 0.756. The lowest BCUT2D eigenvalue weighted by Gasteiger charge is -2.09. The lowest BCUT2D eigenvalue weighted by molar-refractivity contribution is 0.348. The summed E-state index contributed by atoms with van der Waals surface area (Å²) < 4.78 is 18.1. The fourth-order valence-corrected chi connectivity index (χ4v) is 2.42. The molecule has 0 bridgehead atoms. The van der Waals surface area contributed by atoms with Gasteiger partial charge in [0.2, 0.25) is 0 Å². The number of nitrogens with two attached hydrogens (primary N) is 1. The maximum atomic E-state index is 12.5. The van der Waals surface area contributed by atoms with Gasteiger partial charge in [0.25, 0.3) is 5.56 Å². The molecule has 0 aliphatic rings. The average molecular weight is 324 g/mol. The number of H-pyrrole nitrogens is 1. The van der Waals surface area contributed by atoms with Crippen LogP contribution in [0.25, 0.3) is 22.0 Å². The van der Waals surface area contributed by atoms with Crippen molar-refractivity contribution >= 4 is 10.8 Å². The highest BCUT2D eigenvalue weighted by Crippen LogP contribution is 2.23. The zero-order valence-corrected chi connectivity index (χ0v) is 13.0. The Morgan fingerprint density at radius 1 is 1.17 bits per heavy atom. The Bertz CT molecular complexity index is 933. The number of fused-ring (bicyclic) bond motifs is 1. The summed E-state index contributed by atoms with van der Waals surface area (Å²) in [5, 5.41) is 1.33. The summed E-state index contributed by atoms with van der Waals surface area (Å²) >= 11 is 0. The van der Waals surface area contributed by atoms with Crippen LogP contribution >= 0.6 is 0 Å². The van der Waals surface area contributed by atoms with E-state index in [4.69, 9.17) is 10.5 Å². The van der Waals surface area contributed by atoms with Gasteiger partial charge in [-0.3, -0.25) is 4.79 Å². The molecule has 3 N–H and O–H groups in total. The van der Waals surface area contributed by atoms with Crippen molar-refractivity contribution in [1.82, 2.24) is 4.98 Å². The first kappa shape index (κ1) is 16.0. The molecule has 0 amide bonds. The van der Waals surface area contributed by atoms with E-state index in [1.54, 1.807) is 18.2 Å². The predicted octanol–water partition coefficient (Wildman–Crippen LogP) is 3.39. The number of aromatic amines is 1.